The summed E-state index contributed by atoms with van der Waals surface area (Å²) in [6.07, 6.45) is -17.8. The van der Waals surface area contributed by atoms with Gasteiger partial charge in [-0.1, -0.05) is 17.7 Å². The molecule has 1 amide bonds. The van der Waals surface area contributed by atoms with Crippen LogP contribution in [0, 0.1) is 11.3 Å². The van der Waals surface area contributed by atoms with Crippen molar-refractivity contribution in [1.82, 2.24) is 24.5 Å². The van der Waals surface area contributed by atoms with E-state index in [2.05, 4.69) is 14.4 Å². The third-order valence-electron chi connectivity index (χ3n) is 6.98. The number of carbonyl (C=O) groups is 1. The minimum atomic E-state index is -7.63. The molecule has 1 aliphatic carbocycles. The fourth-order valence-corrected chi connectivity index (χ4v) is 5.59. The van der Waals surface area contributed by atoms with Crippen LogP contribution in [0.5, 0.6) is 5.88 Å². The zero-order valence-electron chi connectivity index (χ0n) is 24.0. The molecule has 3 aromatic rings. The van der Waals surface area contributed by atoms with E-state index >= 15 is 0 Å². The Kier molecular flexibility index (Phi) is 9.26. The third kappa shape index (κ3) is 6.25. The molecular weight excluding hydrogens is 722 g/mol. The molecule has 0 radical (unpaired) electrons. The quantitative estimate of drug-likeness (QED) is 0.142. The molecule has 0 bridgehead atoms. The SMILES string of the molecule is CCOCN(C(=O)c1cc(-c2cnn(-c3c(C(F)(F)F)c(OS(=O)(=O)C(F)(C(F)(F)F)C(F)(F)F)nn3C)c2)ccc1Cl)C1(C#N)CC1. The van der Waals surface area contributed by atoms with E-state index in [9.17, 15) is 62.4 Å². The van der Waals surface area contributed by atoms with Gasteiger partial charge < -0.3 is 8.92 Å². The Labute approximate surface area is 268 Å². The van der Waals surface area contributed by atoms with Crippen LogP contribution in [0.2, 0.25) is 5.02 Å². The van der Waals surface area contributed by atoms with Gasteiger partial charge in [0.2, 0.25) is 0 Å². The number of hydrogen-bond donors (Lipinski definition) is 0. The average Bonchev–Trinajstić information content (AvgIpc) is 3.46. The van der Waals surface area contributed by atoms with Gasteiger partial charge in [-0.15, -0.1) is 5.10 Å². The first-order chi connectivity index (χ1) is 22.0. The average molecular weight is 741 g/mol. The first-order valence-electron chi connectivity index (χ1n) is 13.0. The summed E-state index contributed by atoms with van der Waals surface area (Å²) in [6, 6.07) is 5.82. The van der Waals surface area contributed by atoms with Gasteiger partial charge in [0.25, 0.3) is 11.8 Å². The number of ether oxygens (including phenoxy) is 1. The first kappa shape index (κ1) is 36.7. The molecule has 1 aromatic carbocycles. The molecule has 262 valence electrons. The monoisotopic (exact) mass is 740 g/mol. The van der Waals surface area contributed by atoms with Gasteiger partial charge in [0.1, 0.15) is 12.3 Å². The third-order valence-corrected chi connectivity index (χ3v) is 8.84. The molecule has 2 aromatic heterocycles. The lowest BCUT2D eigenvalue weighted by atomic mass is 10.0. The predicted octanol–water partition coefficient (Wildman–Crippen LogP) is 5.94. The molecule has 4 rings (SSSR count). The second-order valence-electron chi connectivity index (χ2n) is 10.1. The Morgan fingerprint density at radius 2 is 1.69 bits per heavy atom. The van der Waals surface area contributed by atoms with Gasteiger partial charge in [0.05, 0.1) is 22.9 Å². The number of aromatic nitrogens is 4. The van der Waals surface area contributed by atoms with Crippen molar-refractivity contribution in [2.45, 2.75) is 48.8 Å². The molecule has 48 heavy (non-hydrogen) atoms. The molecule has 2 heterocycles. The topological polar surface area (TPSA) is 132 Å². The zero-order chi connectivity index (χ0) is 36.3. The number of halogens is 11. The van der Waals surface area contributed by atoms with Crippen LogP contribution in [-0.2, 0) is 28.1 Å². The van der Waals surface area contributed by atoms with Crippen LogP contribution >= 0.6 is 11.6 Å². The predicted molar refractivity (Wildman–Crippen MR) is 142 cm³/mol. The number of aryl methyl sites for hydroxylation is 1. The van der Waals surface area contributed by atoms with Gasteiger partial charge in [-0.05, 0) is 37.5 Å². The van der Waals surface area contributed by atoms with Crippen molar-refractivity contribution in [3.8, 4) is 28.9 Å². The van der Waals surface area contributed by atoms with Crippen LogP contribution in [0.3, 0.4) is 0 Å². The molecular formula is C25H19ClF10N6O5S. The van der Waals surface area contributed by atoms with E-state index < -0.39 is 62.4 Å². The minimum Gasteiger partial charge on any atom is -0.361 e. The summed E-state index contributed by atoms with van der Waals surface area (Å²) in [6.45, 7) is 1.58. The molecule has 23 heteroatoms. The van der Waals surface area contributed by atoms with Gasteiger partial charge in [-0.3, -0.25) is 9.69 Å². The van der Waals surface area contributed by atoms with E-state index in [1.807, 2.05) is 6.07 Å². The van der Waals surface area contributed by atoms with Crippen molar-refractivity contribution in [3.63, 3.8) is 0 Å². The number of carbonyl (C=O) groups excluding carboxylic acids is 1. The van der Waals surface area contributed by atoms with Crippen LogP contribution in [0.15, 0.2) is 30.6 Å². The maximum atomic E-state index is 14.3. The first-order valence-corrected chi connectivity index (χ1v) is 14.8. The Morgan fingerprint density at radius 3 is 2.19 bits per heavy atom. The van der Waals surface area contributed by atoms with Crippen molar-refractivity contribution < 1.29 is 66.0 Å². The van der Waals surface area contributed by atoms with Gasteiger partial charge in [-0.25, -0.2) is 13.8 Å². The van der Waals surface area contributed by atoms with Crippen LogP contribution in [-0.4, -0.2) is 75.0 Å². The fourth-order valence-electron chi connectivity index (χ4n) is 4.39. The Bertz CT molecular complexity index is 1860. The highest BCUT2D eigenvalue weighted by Gasteiger charge is 2.82. The van der Waals surface area contributed by atoms with Crippen LogP contribution in [0.4, 0.5) is 43.9 Å². The maximum absolute atomic E-state index is 14.3. The summed E-state index contributed by atoms with van der Waals surface area (Å²) in [5, 5.41) is 9.05. The minimum absolute atomic E-state index is 0.0418. The maximum Gasteiger partial charge on any atom is 0.450 e. The summed E-state index contributed by atoms with van der Waals surface area (Å²) < 4.78 is 168. The summed E-state index contributed by atoms with van der Waals surface area (Å²) in [4.78, 5) is 14.6. The second kappa shape index (κ2) is 12.1. The highest BCUT2D eigenvalue weighted by molar-refractivity contribution is 7.88. The van der Waals surface area contributed by atoms with E-state index in [0.717, 1.165) is 17.3 Å². The molecule has 0 atom stereocenters. The van der Waals surface area contributed by atoms with E-state index in [4.69, 9.17) is 16.3 Å². The number of nitriles is 1. The lowest BCUT2D eigenvalue weighted by Gasteiger charge is -2.28. The van der Waals surface area contributed by atoms with Crippen LogP contribution in [0.25, 0.3) is 16.9 Å². The van der Waals surface area contributed by atoms with Crippen molar-refractivity contribution in [1.29, 1.82) is 5.26 Å². The molecule has 0 unspecified atom stereocenters. The van der Waals surface area contributed by atoms with Crippen LogP contribution < -0.4 is 4.18 Å². The number of alkyl halides is 10. The summed E-state index contributed by atoms with van der Waals surface area (Å²) in [5.74, 6) is -4.37. The summed E-state index contributed by atoms with van der Waals surface area (Å²) >= 11 is 6.25. The molecule has 0 aliphatic heterocycles. The van der Waals surface area contributed by atoms with Crippen molar-refractivity contribution in [3.05, 3.63) is 46.7 Å². The largest absolute Gasteiger partial charge is 0.450 e. The molecule has 0 saturated heterocycles. The number of nitrogens with zero attached hydrogens (tertiary/aromatic N) is 6. The fraction of sp³-hybridized carbons (Fsp3) is 0.440. The molecule has 0 spiro atoms. The molecule has 0 N–H and O–H groups in total. The van der Waals surface area contributed by atoms with Gasteiger partial charge in [0, 0.05) is 25.4 Å². The smallest absolute Gasteiger partial charge is 0.361 e. The number of amides is 1. The van der Waals surface area contributed by atoms with Crippen molar-refractivity contribution in [2.75, 3.05) is 13.3 Å². The van der Waals surface area contributed by atoms with Gasteiger partial charge in [-0.2, -0.15) is 58.3 Å². The number of rotatable bonds is 10. The molecule has 1 fully saturated rings. The van der Waals surface area contributed by atoms with E-state index in [0.29, 0.717) is 24.6 Å². The standard InChI is InChI=1S/C25H19ClF10N6O5S/c1-3-46-12-41(21(11-37)6-7-21)20(43)15-8-13(4-5-16(15)26)14-9-38-42(10-14)19-17(22(27,28)29)18(39-40(19)2)47-48(44,45)23(30,24(31,32)33)25(34,35)36/h4-5,8-10H,3,6-7,12H2,1-2H3. The Hall–Kier alpha value is -4.10. The molecule has 1 aliphatic rings. The molecule has 11 nitrogen and oxygen atoms in total. The van der Waals surface area contributed by atoms with E-state index in [1.54, 1.807) is 6.92 Å². The van der Waals surface area contributed by atoms with Gasteiger partial charge in [0.15, 0.2) is 11.4 Å². The molecule has 1 saturated carbocycles. The lowest BCUT2D eigenvalue weighted by molar-refractivity contribution is -0.307. The lowest BCUT2D eigenvalue weighted by Crippen LogP contribution is -2.60. The zero-order valence-corrected chi connectivity index (χ0v) is 25.6. The van der Waals surface area contributed by atoms with E-state index in [-0.39, 0.29) is 39.7 Å². The normalized spacial score (nSPS) is 15.2. The Balaban J connectivity index is 1.78. The highest BCUT2D eigenvalue weighted by Crippen LogP contribution is 2.51. The van der Waals surface area contributed by atoms with Crippen molar-refractivity contribution >= 4 is 27.6 Å². The number of hydrogen-bond acceptors (Lipinski definition) is 8. The summed E-state index contributed by atoms with van der Waals surface area (Å²) in [7, 11) is -6.96. The van der Waals surface area contributed by atoms with Gasteiger partial charge >= 0.3 is 33.6 Å². The van der Waals surface area contributed by atoms with Crippen LogP contribution in [0.1, 0.15) is 35.7 Å². The van der Waals surface area contributed by atoms with Crippen molar-refractivity contribution in [2.24, 2.45) is 7.05 Å². The number of benzene rings is 1. The highest BCUT2D eigenvalue weighted by atomic mass is 35.5. The van der Waals surface area contributed by atoms with E-state index in [1.165, 1.54) is 18.2 Å². The Morgan fingerprint density at radius 1 is 1.08 bits per heavy atom. The summed E-state index contributed by atoms with van der Waals surface area (Å²) in [5.41, 5.74) is -3.58. The second-order valence-corrected chi connectivity index (χ2v) is 12.2.